The Morgan fingerprint density at radius 3 is 3.13 bits per heavy atom. The van der Waals surface area contributed by atoms with Gasteiger partial charge < -0.3 is 9.47 Å². The summed E-state index contributed by atoms with van der Waals surface area (Å²) in [6.07, 6.45) is 5.19. The molecule has 15 heavy (non-hydrogen) atoms. The lowest BCUT2D eigenvalue weighted by atomic mass is 10.2. The Morgan fingerprint density at radius 1 is 1.67 bits per heavy atom. The van der Waals surface area contributed by atoms with E-state index in [9.17, 15) is 0 Å². The summed E-state index contributed by atoms with van der Waals surface area (Å²) < 4.78 is 13.9. The molecule has 1 atom stereocenters. The third kappa shape index (κ3) is 3.03. The van der Waals surface area contributed by atoms with Crippen molar-refractivity contribution in [2.45, 2.75) is 32.2 Å². The van der Waals surface area contributed by atoms with Crippen LogP contribution in [0.15, 0.2) is 10.7 Å². The van der Waals surface area contributed by atoms with E-state index in [4.69, 9.17) is 9.47 Å². The summed E-state index contributed by atoms with van der Waals surface area (Å²) in [5.41, 5.74) is 0.923. The molecule has 0 spiro atoms. The van der Waals surface area contributed by atoms with Gasteiger partial charge in [0.2, 0.25) is 0 Å². The summed E-state index contributed by atoms with van der Waals surface area (Å²) >= 11 is 3.44. The van der Waals surface area contributed by atoms with Crippen LogP contribution in [0.2, 0.25) is 0 Å². The predicted molar refractivity (Wildman–Crippen MR) is 59.3 cm³/mol. The van der Waals surface area contributed by atoms with E-state index in [-0.39, 0.29) is 6.29 Å². The van der Waals surface area contributed by atoms with Crippen molar-refractivity contribution in [3.05, 3.63) is 16.4 Å². The van der Waals surface area contributed by atoms with Gasteiger partial charge in [-0.2, -0.15) is 5.10 Å². The van der Waals surface area contributed by atoms with Crippen molar-refractivity contribution in [1.29, 1.82) is 0 Å². The molecule has 0 radical (unpaired) electrons. The standard InChI is InChI=1S/C10H15BrN2O2/c1-13-6-8(11)9(12-13)7-15-10-4-2-3-5-14-10/h6,10H,2-5,7H2,1H3. The highest BCUT2D eigenvalue weighted by molar-refractivity contribution is 9.10. The largest absolute Gasteiger partial charge is 0.353 e. The maximum Gasteiger partial charge on any atom is 0.158 e. The van der Waals surface area contributed by atoms with Gasteiger partial charge in [-0.25, -0.2) is 0 Å². The minimum Gasteiger partial charge on any atom is -0.353 e. The van der Waals surface area contributed by atoms with E-state index in [2.05, 4.69) is 21.0 Å². The molecule has 0 N–H and O–H groups in total. The highest BCUT2D eigenvalue weighted by atomic mass is 79.9. The molecule has 0 aromatic carbocycles. The maximum atomic E-state index is 5.64. The fourth-order valence-corrected chi connectivity index (χ4v) is 2.11. The van der Waals surface area contributed by atoms with Crippen LogP contribution in [0.25, 0.3) is 0 Å². The second kappa shape index (κ2) is 5.09. The minimum absolute atomic E-state index is 0.0485. The number of ether oxygens (including phenoxy) is 2. The molecule has 0 aliphatic carbocycles. The van der Waals surface area contributed by atoms with Crippen LogP contribution in [0.3, 0.4) is 0 Å². The van der Waals surface area contributed by atoms with Crippen LogP contribution in [0.5, 0.6) is 0 Å². The fourth-order valence-electron chi connectivity index (χ4n) is 1.62. The van der Waals surface area contributed by atoms with Gasteiger partial charge in [0.15, 0.2) is 6.29 Å². The Kier molecular flexibility index (Phi) is 3.77. The quantitative estimate of drug-likeness (QED) is 0.848. The van der Waals surface area contributed by atoms with Crippen LogP contribution in [-0.2, 0) is 23.1 Å². The molecule has 1 unspecified atom stereocenters. The molecule has 5 heteroatoms. The zero-order chi connectivity index (χ0) is 10.7. The lowest BCUT2D eigenvalue weighted by Gasteiger charge is -2.22. The topological polar surface area (TPSA) is 36.3 Å². The summed E-state index contributed by atoms with van der Waals surface area (Å²) in [6, 6.07) is 0. The normalized spacial score (nSPS) is 21.9. The molecule has 0 amide bonds. The van der Waals surface area contributed by atoms with Crippen molar-refractivity contribution in [3.63, 3.8) is 0 Å². The van der Waals surface area contributed by atoms with Crippen molar-refractivity contribution in [1.82, 2.24) is 9.78 Å². The molecule has 2 rings (SSSR count). The van der Waals surface area contributed by atoms with Crippen molar-refractivity contribution < 1.29 is 9.47 Å². The predicted octanol–water partition coefficient (Wildman–Crippen LogP) is 2.23. The van der Waals surface area contributed by atoms with E-state index in [0.717, 1.165) is 29.6 Å². The molecular formula is C10H15BrN2O2. The smallest absolute Gasteiger partial charge is 0.158 e. The van der Waals surface area contributed by atoms with Crippen LogP contribution in [-0.4, -0.2) is 22.7 Å². The van der Waals surface area contributed by atoms with Crippen molar-refractivity contribution >= 4 is 15.9 Å². The number of hydrogen-bond donors (Lipinski definition) is 0. The van der Waals surface area contributed by atoms with E-state index in [0.29, 0.717) is 6.61 Å². The molecule has 4 nitrogen and oxygen atoms in total. The average molecular weight is 275 g/mol. The first-order chi connectivity index (χ1) is 7.25. The van der Waals surface area contributed by atoms with Gasteiger partial charge >= 0.3 is 0 Å². The third-order valence-electron chi connectivity index (χ3n) is 2.40. The van der Waals surface area contributed by atoms with Crippen molar-refractivity contribution in [2.75, 3.05) is 6.61 Å². The second-order valence-electron chi connectivity index (χ2n) is 3.70. The molecule has 84 valence electrons. The van der Waals surface area contributed by atoms with Gasteiger partial charge in [-0.05, 0) is 35.2 Å². The Bertz CT molecular complexity index is 321. The van der Waals surface area contributed by atoms with Gasteiger partial charge in [0, 0.05) is 19.9 Å². The fraction of sp³-hybridized carbons (Fsp3) is 0.700. The van der Waals surface area contributed by atoms with E-state index in [1.807, 2.05) is 13.2 Å². The van der Waals surface area contributed by atoms with Crippen LogP contribution in [0.1, 0.15) is 25.0 Å². The molecule has 1 aliphatic rings. The number of rotatable bonds is 3. The lowest BCUT2D eigenvalue weighted by Crippen LogP contribution is -2.22. The third-order valence-corrected chi connectivity index (χ3v) is 3.06. The molecule has 0 bridgehead atoms. The van der Waals surface area contributed by atoms with E-state index >= 15 is 0 Å². The maximum absolute atomic E-state index is 5.64. The van der Waals surface area contributed by atoms with E-state index in [1.54, 1.807) is 4.68 Å². The van der Waals surface area contributed by atoms with E-state index < -0.39 is 0 Å². The lowest BCUT2D eigenvalue weighted by molar-refractivity contribution is -0.169. The van der Waals surface area contributed by atoms with Gasteiger partial charge in [-0.3, -0.25) is 4.68 Å². The monoisotopic (exact) mass is 274 g/mol. The van der Waals surface area contributed by atoms with Gasteiger partial charge in [0.05, 0.1) is 11.1 Å². The van der Waals surface area contributed by atoms with Gasteiger partial charge in [0.25, 0.3) is 0 Å². The average Bonchev–Trinajstić information content (AvgIpc) is 2.56. The molecule has 0 saturated carbocycles. The first-order valence-corrected chi connectivity index (χ1v) is 5.96. The van der Waals surface area contributed by atoms with Crippen LogP contribution in [0.4, 0.5) is 0 Å². The molecule has 2 heterocycles. The molecule has 1 fully saturated rings. The van der Waals surface area contributed by atoms with E-state index in [1.165, 1.54) is 6.42 Å². The molecule has 1 aliphatic heterocycles. The summed E-state index contributed by atoms with van der Waals surface area (Å²) in [4.78, 5) is 0. The summed E-state index contributed by atoms with van der Waals surface area (Å²) in [5.74, 6) is 0. The van der Waals surface area contributed by atoms with Crippen molar-refractivity contribution in [2.24, 2.45) is 7.05 Å². The number of aromatic nitrogens is 2. The van der Waals surface area contributed by atoms with Gasteiger partial charge in [-0.1, -0.05) is 0 Å². The first-order valence-electron chi connectivity index (χ1n) is 5.17. The Labute approximate surface area is 97.7 Å². The van der Waals surface area contributed by atoms with Crippen molar-refractivity contribution in [3.8, 4) is 0 Å². The number of nitrogens with zero attached hydrogens (tertiary/aromatic N) is 2. The Hall–Kier alpha value is -0.390. The molecule has 1 aromatic rings. The number of halogens is 1. The SMILES string of the molecule is Cn1cc(Br)c(COC2CCCCO2)n1. The first kappa shape index (κ1) is 11.1. The van der Waals surface area contributed by atoms with Crippen LogP contribution >= 0.6 is 15.9 Å². The highest BCUT2D eigenvalue weighted by Crippen LogP contribution is 2.19. The second-order valence-corrected chi connectivity index (χ2v) is 4.56. The zero-order valence-electron chi connectivity index (χ0n) is 8.78. The van der Waals surface area contributed by atoms with Gasteiger partial charge in [-0.15, -0.1) is 0 Å². The molecule has 1 saturated heterocycles. The van der Waals surface area contributed by atoms with Gasteiger partial charge in [0.1, 0.15) is 5.69 Å². The Balaban J connectivity index is 1.84. The number of hydrogen-bond acceptors (Lipinski definition) is 3. The highest BCUT2D eigenvalue weighted by Gasteiger charge is 2.15. The summed E-state index contributed by atoms with van der Waals surface area (Å²) in [6.45, 7) is 1.32. The summed E-state index contributed by atoms with van der Waals surface area (Å²) in [5, 5.41) is 4.28. The van der Waals surface area contributed by atoms with Crippen LogP contribution < -0.4 is 0 Å². The zero-order valence-corrected chi connectivity index (χ0v) is 10.4. The summed E-state index contributed by atoms with van der Waals surface area (Å²) in [7, 11) is 1.89. The molecule has 1 aromatic heterocycles. The number of aryl methyl sites for hydroxylation is 1. The molecular weight excluding hydrogens is 260 g/mol. The Morgan fingerprint density at radius 2 is 2.53 bits per heavy atom. The minimum atomic E-state index is -0.0485. The van der Waals surface area contributed by atoms with Crippen LogP contribution in [0, 0.1) is 0 Å².